The first-order valence-electron chi connectivity index (χ1n) is 14.1. The molecular weight excluding hydrogens is 510 g/mol. The molecule has 2 unspecified atom stereocenters. The van der Waals surface area contributed by atoms with Crippen molar-refractivity contribution in [1.82, 2.24) is 19.8 Å². The molecule has 216 valence electrons. The lowest BCUT2D eigenvalue weighted by atomic mass is 9.86. The number of aryl methyl sites for hydroxylation is 2. The first kappa shape index (κ1) is 29.3. The van der Waals surface area contributed by atoms with Crippen LogP contribution >= 0.6 is 0 Å². The molecule has 1 aliphatic carbocycles. The van der Waals surface area contributed by atoms with Crippen molar-refractivity contribution in [1.29, 1.82) is 0 Å². The molecule has 2 heterocycles. The van der Waals surface area contributed by atoms with E-state index in [0.29, 0.717) is 6.42 Å². The highest BCUT2D eigenvalue weighted by Crippen LogP contribution is 2.32. The van der Waals surface area contributed by atoms with Gasteiger partial charge < -0.3 is 25.1 Å². The number of imide groups is 1. The fourth-order valence-electron chi connectivity index (χ4n) is 5.78. The van der Waals surface area contributed by atoms with Crippen LogP contribution in [0.2, 0.25) is 0 Å². The fraction of sp³-hybridized carbons (Fsp3) is 0.533. The van der Waals surface area contributed by atoms with E-state index in [0.717, 1.165) is 47.0 Å². The van der Waals surface area contributed by atoms with Crippen LogP contribution in [0.25, 0.3) is 10.9 Å². The molecule has 0 saturated heterocycles. The second-order valence-electron chi connectivity index (χ2n) is 11.5. The normalized spacial score (nSPS) is 19.0. The molecule has 3 aromatic rings. The number of aromatic carboxylic acids is 1. The molecule has 4 atom stereocenters. The summed E-state index contributed by atoms with van der Waals surface area (Å²) in [6.45, 7) is 7.54. The molecule has 0 aliphatic heterocycles. The first-order chi connectivity index (χ1) is 19.0. The van der Waals surface area contributed by atoms with Gasteiger partial charge >= 0.3 is 12.0 Å². The quantitative estimate of drug-likeness (QED) is 0.341. The third-order valence-electron chi connectivity index (χ3n) is 7.92. The Balaban J connectivity index is 1.82. The molecule has 3 amide bonds. The second-order valence-corrected chi connectivity index (χ2v) is 11.5. The zero-order chi connectivity index (χ0) is 29.1. The Morgan fingerprint density at radius 2 is 1.93 bits per heavy atom. The van der Waals surface area contributed by atoms with Gasteiger partial charge in [-0.2, -0.15) is 0 Å². The highest BCUT2D eigenvalue weighted by Gasteiger charge is 2.39. The molecule has 10 nitrogen and oxygen atoms in total. The van der Waals surface area contributed by atoms with Crippen molar-refractivity contribution in [2.45, 2.75) is 84.3 Å². The standard InChI is InChI=1S/C30H41N5O5/c1-17(2)14-22(31)28(36)35(30(39)32-23-12-8-6-10-18(23)3)25(27-33-26(29(37)38)19(4)40-27)15-20-16-34(5)24-13-9-7-11-21(20)24/h7,9,11,13,16-18,22-23,25H,6,8,10,12,14-15,31H2,1-5H3,(H,32,39)(H,37,38)/t18?,22-,23?,25+/m0/s1. The fourth-order valence-corrected chi connectivity index (χ4v) is 5.78. The molecule has 1 fully saturated rings. The Morgan fingerprint density at radius 3 is 2.58 bits per heavy atom. The third kappa shape index (κ3) is 6.22. The number of nitrogens with two attached hydrogens (primary N) is 1. The SMILES string of the molecule is Cc1oc([C@@H](Cc2cn(C)c3ccccc23)N(C(=O)NC2CCCCC2C)C(=O)[C@@H](N)CC(C)C)nc1C(=O)O. The van der Waals surface area contributed by atoms with Gasteiger partial charge in [-0.15, -0.1) is 0 Å². The number of carbonyl (C=O) groups is 3. The predicted octanol–water partition coefficient (Wildman–Crippen LogP) is 4.95. The minimum Gasteiger partial charge on any atom is -0.476 e. The van der Waals surface area contributed by atoms with Crippen molar-refractivity contribution in [3.05, 3.63) is 53.4 Å². The van der Waals surface area contributed by atoms with Crippen LogP contribution in [-0.2, 0) is 18.3 Å². The highest BCUT2D eigenvalue weighted by atomic mass is 16.4. The van der Waals surface area contributed by atoms with Crippen LogP contribution in [-0.4, -0.2) is 49.5 Å². The van der Waals surface area contributed by atoms with E-state index in [-0.39, 0.29) is 41.6 Å². The highest BCUT2D eigenvalue weighted by molar-refractivity contribution is 5.98. The number of benzene rings is 1. The Bertz CT molecular complexity index is 1380. The summed E-state index contributed by atoms with van der Waals surface area (Å²) in [5, 5.41) is 13.7. The van der Waals surface area contributed by atoms with Gasteiger partial charge in [-0.3, -0.25) is 9.69 Å². The number of nitrogens with one attached hydrogen (secondary N) is 1. The zero-order valence-electron chi connectivity index (χ0n) is 24.0. The van der Waals surface area contributed by atoms with Gasteiger partial charge in [0.1, 0.15) is 11.8 Å². The number of carboxylic acids is 1. The monoisotopic (exact) mass is 551 g/mol. The van der Waals surface area contributed by atoms with E-state index in [4.69, 9.17) is 10.2 Å². The number of nitrogens with zero attached hydrogens (tertiary/aromatic N) is 3. The van der Waals surface area contributed by atoms with E-state index >= 15 is 0 Å². The van der Waals surface area contributed by atoms with Gasteiger partial charge in [0.15, 0.2) is 5.69 Å². The maximum atomic E-state index is 14.0. The van der Waals surface area contributed by atoms with Crippen molar-refractivity contribution in [3.8, 4) is 0 Å². The summed E-state index contributed by atoms with van der Waals surface area (Å²) in [7, 11) is 1.93. The maximum Gasteiger partial charge on any atom is 0.358 e. The van der Waals surface area contributed by atoms with Crippen LogP contribution in [0.5, 0.6) is 0 Å². The molecule has 1 aromatic carbocycles. The maximum absolute atomic E-state index is 14.0. The van der Waals surface area contributed by atoms with Gasteiger partial charge in [0.25, 0.3) is 0 Å². The summed E-state index contributed by atoms with van der Waals surface area (Å²) >= 11 is 0. The van der Waals surface area contributed by atoms with Crippen molar-refractivity contribution in [3.63, 3.8) is 0 Å². The lowest BCUT2D eigenvalue weighted by molar-refractivity contribution is -0.132. The summed E-state index contributed by atoms with van der Waals surface area (Å²) in [6, 6.07) is 5.24. The summed E-state index contributed by atoms with van der Waals surface area (Å²) in [5.74, 6) is -1.32. The zero-order valence-corrected chi connectivity index (χ0v) is 24.0. The number of urea groups is 1. The first-order valence-corrected chi connectivity index (χ1v) is 14.1. The number of aromatic nitrogens is 2. The molecule has 0 spiro atoms. The van der Waals surface area contributed by atoms with Crippen LogP contribution in [0.1, 0.15) is 86.6 Å². The van der Waals surface area contributed by atoms with Gasteiger partial charge in [0.05, 0.1) is 6.04 Å². The Hall–Kier alpha value is -3.66. The van der Waals surface area contributed by atoms with E-state index in [2.05, 4.69) is 17.2 Å². The topological polar surface area (TPSA) is 144 Å². The molecule has 10 heteroatoms. The molecule has 1 aliphatic rings. The number of carbonyl (C=O) groups excluding carboxylic acids is 2. The van der Waals surface area contributed by atoms with Crippen molar-refractivity contribution in [2.75, 3.05) is 0 Å². The van der Waals surface area contributed by atoms with E-state index in [1.807, 2.05) is 55.9 Å². The number of amides is 3. The summed E-state index contributed by atoms with van der Waals surface area (Å²) in [5.41, 5.74) is 7.98. The average Bonchev–Trinajstić information content (AvgIpc) is 3.44. The van der Waals surface area contributed by atoms with Crippen LogP contribution in [0.15, 0.2) is 34.9 Å². The number of para-hydroxylation sites is 1. The van der Waals surface area contributed by atoms with E-state index in [9.17, 15) is 19.5 Å². The Kier molecular flexibility index (Phi) is 8.98. The number of carboxylic acid groups (broad SMARTS) is 1. The Labute approximate surface area is 234 Å². The lowest BCUT2D eigenvalue weighted by Gasteiger charge is -2.35. The van der Waals surface area contributed by atoms with E-state index < -0.39 is 30.0 Å². The minimum absolute atomic E-state index is 0.0141. The average molecular weight is 552 g/mol. The lowest BCUT2D eigenvalue weighted by Crippen LogP contribution is -2.55. The molecule has 1 saturated carbocycles. The number of rotatable bonds is 9. The van der Waals surface area contributed by atoms with Crippen LogP contribution in [0, 0.1) is 18.8 Å². The largest absolute Gasteiger partial charge is 0.476 e. The minimum atomic E-state index is -1.24. The summed E-state index contributed by atoms with van der Waals surface area (Å²) < 4.78 is 7.85. The molecule has 2 aromatic heterocycles. The van der Waals surface area contributed by atoms with E-state index in [1.165, 1.54) is 6.92 Å². The molecule has 0 bridgehead atoms. The van der Waals surface area contributed by atoms with Gasteiger partial charge in [0, 0.05) is 36.6 Å². The number of fused-ring (bicyclic) bond motifs is 1. The van der Waals surface area contributed by atoms with Gasteiger partial charge in [-0.1, -0.05) is 51.8 Å². The third-order valence-corrected chi connectivity index (χ3v) is 7.92. The summed E-state index contributed by atoms with van der Waals surface area (Å²) in [4.78, 5) is 45.3. The molecular formula is C30H41N5O5. The van der Waals surface area contributed by atoms with Crippen molar-refractivity contribution < 1.29 is 23.9 Å². The number of hydrogen-bond donors (Lipinski definition) is 3. The summed E-state index contributed by atoms with van der Waals surface area (Å²) in [6.07, 6.45) is 6.42. The smallest absolute Gasteiger partial charge is 0.358 e. The van der Waals surface area contributed by atoms with Crippen LogP contribution in [0.4, 0.5) is 4.79 Å². The van der Waals surface area contributed by atoms with Crippen molar-refractivity contribution >= 4 is 28.8 Å². The van der Waals surface area contributed by atoms with E-state index in [1.54, 1.807) is 0 Å². The molecule has 4 rings (SSSR count). The molecule has 4 N–H and O–H groups in total. The van der Waals surface area contributed by atoms with Crippen LogP contribution < -0.4 is 11.1 Å². The van der Waals surface area contributed by atoms with Crippen molar-refractivity contribution in [2.24, 2.45) is 24.6 Å². The Morgan fingerprint density at radius 1 is 1.23 bits per heavy atom. The molecule has 40 heavy (non-hydrogen) atoms. The molecule has 0 radical (unpaired) electrons. The van der Waals surface area contributed by atoms with Gasteiger partial charge in [0.2, 0.25) is 11.8 Å². The second kappa shape index (κ2) is 12.2. The number of hydrogen-bond acceptors (Lipinski definition) is 6. The number of oxazole rings is 1. The van der Waals surface area contributed by atoms with Gasteiger partial charge in [-0.25, -0.2) is 14.6 Å². The van der Waals surface area contributed by atoms with Gasteiger partial charge in [-0.05, 0) is 49.7 Å². The predicted molar refractivity (Wildman–Crippen MR) is 152 cm³/mol. The van der Waals surface area contributed by atoms with Crippen LogP contribution in [0.3, 0.4) is 0 Å².